The van der Waals surface area contributed by atoms with E-state index in [-0.39, 0.29) is 41.4 Å². The standard InChI is InChI=1S/C33H42N2O9S/c1-32(2,3)24-15-17-27(18-16-24)45(39,40)35-29(28(31(38)42-6)34-30(37)23-11-8-7-9-12-23)33(4,22-43-20-19-36)44-26-14-10-13-25(21-26)41-5/h7-18,21,28-29,35-36H,19-20,22H2,1-6H3,(H,34,37). The van der Waals surface area contributed by atoms with E-state index < -0.39 is 39.6 Å². The zero-order chi connectivity index (χ0) is 33.3. The summed E-state index contributed by atoms with van der Waals surface area (Å²) < 4.78 is 53.0. The monoisotopic (exact) mass is 642 g/mol. The third-order valence-corrected chi connectivity index (χ3v) is 8.56. The summed E-state index contributed by atoms with van der Waals surface area (Å²) in [5.74, 6) is -0.854. The molecular formula is C33H42N2O9S. The van der Waals surface area contributed by atoms with Gasteiger partial charge in [-0.2, -0.15) is 0 Å². The summed E-state index contributed by atoms with van der Waals surface area (Å²) in [6.07, 6.45) is 0. The van der Waals surface area contributed by atoms with Crippen molar-refractivity contribution in [3.05, 3.63) is 90.0 Å². The van der Waals surface area contributed by atoms with Crippen LogP contribution in [-0.2, 0) is 29.7 Å². The summed E-state index contributed by atoms with van der Waals surface area (Å²) in [7, 11) is -1.74. The molecule has 0 bridgehead atoms. The van der Waals surface area contributed by atoms with Gasteiger partial charge in [-0.05, 0) is 54.3 Å². The predicted molar refractivity (Wildman–Crippen MR) is 169 cm³/mol. The lowest BCUT2D eigenvalue weighted by Crippen LogP contribution is -2.67. The molecule has 0 aromatic heterocycles. The lowest BCUT2D eigenvalue weighted by molar-refractivity contribution is -0.146. The SMILES string of the molecule is COC(=O)C(NC(=O)c1ccccc1)C(NS(=O)(=O)c1ccc(C(C)(C)C)cc1)C(C)(COCCO)Oc1cccc(OC)c1. The van der Waals surface area contributed by atoms with Gasteiger partial charge in [-0.1, -0.05) is 57.2 Å². The molecule has 0 spiro atoms. The molecule has 3 aromatic carbocycles. The van der Waals surface area contributed by atoms with Gasteiger partial charge >= 0.3 is 5.97 Å². The molecule has 244 valence electrons. The first-order chi connectivity index (χ1) is 21.2. The number of aliphatic hydroxyl groups excluding tert-OH is 1. The van der Waals surface area contributed by atoms with Gasteiger partial charge in [-0.3, -0.25) is 4.79 Å². The molecular weight excluding hydrogens is 600 g/mol. The fourth-order valence-corrected chi connectivity index (χ4v) is 5.94. The molecule has 3 aromatic rings. The number of carbonyl (C=O) groups excluding carboxylic acids is 2. The van der Waals surface area contributed by atoms with E-state index in [9.17, 15) is 23.1 Å². The van der Waals surface area contributed by atoms with Crippen LogP contribution < -0.4 is 19.5 Å². The Balaban J connectivity index is 2.17. The van der Waals surface area contributed by atoms with Crippen molar-refractivity contribution in [3.8, 4) is 11.5 Å². The minimum atomic E-state index is -4.35. The Labute approximate surface area is 264 Å². The average molecular weight is 643 g/mol. The molecule has 0 fully saturated rings. The number of nitrogens with one attached hydrogen (secondary N) is 2. The molecule has 11 nitrogen and oxygen atoms in total. The van der Waals surface area contributed by atoms with Gasteiger partial charge in [-0.15, -0.1) is 0 Å². The molecule has 1 amide bonds. The van der Waals surface area contributed by atoms with Crippen LogP contribution in [0.2, 0.25) is 0 Å². The molecule has 12 heteroatoms. The van der Waals surface area contributed by atoms with Gasteiger partial charge in [0.2, 0.25) is 10.0 Å². The highest BCUT2D eigenvalue weighted by Gasteiger charge is 2.48. The van der Waals surface area contributed by atoms with Gasteiger partial charge in [0, 0.05) is 11.6 Å². The van der Waals surface area contributed by atoms with E-state index in [1.807, 2.05) is 20.8 Å². The summed E-state index contributed by atoms with van der Waals surface area (Å²) in [6, 6.07) is 18.0. The first-order valence-electron chi connectivity index (χ1n) is 14.3. The Morgan fingerprint density at radius 1 is 0.889 bits per heavy atom. The number of esters is 1. The minimum absolute atomic E-state index is 0.0708. The molecule has 45 heavy (non-hydrogen) atoms. The summed E-state index contributed by atoms with van der Waals surface area (Å²) in [5, 5.41) is 12.1. The van der Waals surface area contributed by atoms with Crippen molar-refractivity contribution in [2.75, 3.05) is 34.0 Å². The molecule has 3 unspecified atom stereocenters. The van der Waals surface area contributed by atoms with E-state index in [0.29, 0.717) is 5.75 Å². The fourth-order valence-electron chi connectivity index (χ4n) is 4.59. The molecule has 0 radical (unpaired) electrons. The van der Waals surface area contributed by atoms with Crippen molar-refractivity contribution >= 4 is 21.9 Å². The summed E-state index contributed by atoms with van der Waals surface area (Å²) in [6.45, 7) is 6.82. The predicted octanol–water partition coefficient (Wildman–Crippen LogP) is 3.46. The number of ether oxygens (including phenoxy) is 4. The molecule has 0 aliphatic heterocycles. The number of methoxy groups -OCH3 is 2. The van der Waals surface area contributed by atoms with Crippen molar-refractivity contribution < 1.29 is 42.1 Å². The highest BCUT2D eigenvalue weighted by molar-refractivity contribution is 7.89. The van der Waals surface area contributed by atoms with Crippen molar-refractivity contribution in [3.63, 3.8) is 0 Å². The largest absolute Gasteiger partial charge is 0.497 e. The first-order valence-corrected chi connectivity index (χ1v) is 15.8. The molecule has 0 saturated heterocycles. The third-order valence-electron chi connectivity index (χ3n) is 7.10. The van der Waals surface area contributed by atoms with Gasteiger partial charge in [0.25, 0.3) is 5.91 Å². The zero-order valence-corrected chi connectivity index (χ0v) is 27.2. The van der Waals surface area contributed by atoms with Crippen LogP contribution in [0.1, 0.15) is 43.6 Å². The minimum Gasteiger partial charge on any atom is -0.497 e. The van der Waals surface area contributed by atoms with Crippen LogP contribution >= 0.6 is 0 Å². The summed E-state index contributed by atoms with van der Waals surface area (Å²) in [4.78, 5) is 26.7. The lowest BCUT2D eigenvalue weighted by atomic mass is 9.87. The normalized spacial score (nSPS) is 14.5. The van der Waals surface area contributed by atoms with E-state index in [0.717, 1.165) is 12.7 Å². The molecule has 0 heterocycles. The van der Waals surface area contributed by atoms with Crippen LogP contribution in [0, 0.1) is 0 Å². The maximum atomic E-state index is 14.0. The number of hydrogen-bond donors (Lipinski definition) is 3. The molecule has 0 aliphatic carbocycles. The van der Waals surface area contributed by atoms with Gasteiger partial charge in [0.05, 0.1) is 45.0 Å². The average Bonchev–Trinajstić information content (AvgIpc) is 3.02. The Bertz CT molecular complexity index is 1520. The number of aliphatic hydroxyl groups is 1. The van der Waals surface area contributed by atoms with Gasteiger partial charge < -0.3 is 29.4 Å². The van der Waals surface area contributed by atoms with E-state index >= 15 is 0 Å². The van der Waals surface area contributed by atoms with Gasteiger partial charge in [0.15, 0.2) is 0 Å². The highest BCUT2D eigenvalue weighted by Crippen LogP contribution is 2.29. The van der Waals surface area contributed by atoms with Crippen molar-refractivity contribution in [2.24, 2.45) is 0 Å². The highest BCUT2D eigenvalue weighted by atomic mass is 32.2. The van der Waals surface area contributed by atoms with Crippen LogP contribution in [-0.4, -0.2) is 77.1 Å². The third kappa shape index (κ3) is 9.51. The molecule has 0 aliphatic rings. The Morgan fingerprint density at radius 2 is 1.53 bits per heavy atom. The number of rotatable bonds is 15. The first kappa shape index (κ1) is 35.5. The second-order valence-electron chi connectivity index (χ2n) is 11.6. The van der Waals surface area contributed by atoms with Crippen LogP contribution in [0.4, 0.5) is 0 Å². The van der Waals surface area contributed by atoms with E-state index in [1.54, 1.807) is 66.7 Å². The van der Waals surface area contributed by atoms with Crippen LogP contribution in [0.15, 0.2) is 83.8 Å². The van der Waals surface area contributed by atoms with Crippen molar-refractivity contribution in [1.82, 2.24) is 10.0 Å². The number of carbonyl (C=O) groups is 2. The van der Waals surface area contributed by atoms with Crippen LogP contribution in [0.25, 0.3) is 0 Å². The lowest BCUT2D eigenvalue weighted by Gasteiger charge is -2.41. The van der Waals surface area contributed by atoms with E-state index in [4.69, 9.17) is 18.9 Å². The molecule has 0 saturated carbocycles. The topological polar surface area (TPSA) is 149 Å². The quantitative estimate of drug-likeness (QED) is 0.167. The van der Waals surface area contributed by atoms with Crippen LogP contribution in [0.3, 0.4) is 0 Å². The Morgan fingerprint density at radius 3 is 2.11 bits per heavy atom. The maximum absolute atomic E-state index is 14.0. The zero-order valence-electron chi connectivity index (χ0n) is 26.4. The summed E-state index contributed by atoms with van der Waals surface area (Å²) in [5.41, 5.74) is -0.742. The Kier molecular flexibility index (Phi) is 12.1. The second kappa shape index (κ2) is 15.3. The Hall–Kier alpha value is -3.97. The smallest absolute Gasteiger partial charge is 0.330 e. The van der Waals surface area contributed by atoms with Gasteiger partial charge in [0.1, 0.15) is 23.1 Å². The van der Waals surface area contributed by atoms with Crippen molar-refractivity contribution in [1.29, 1.82) is 0 Å². The fraction of sp³-hybridized carbons (Fsp3) is 0.394. The van der Waals surface area contributed by atoms with E-state index in [2.05, 4.69) is 10.0 Å². The number of amides is 1. The summed E-state index contributed by atoms with van der Waals surface area (Å²) >= 11 is 0. The van der Waals surface area contributed by atoms with Gasteiger partial charge in [-0.25, -0.2) is 17.9 Å². The second-order valence-corrected chi connectivity index (χ2v) is 13.3. The van der Waals surface area contributed by atoms with Crippen LogP contribution in [0.5, 0.6) is 11.5 Å². The molecule has 3 atom stereocenters. The number of hydrogen-bond acceptors (Lipinski definition) is 9. The maximum Gasteiger partial charge on any atom is 0.330 e. The molecule has 3 N–H and O–H groups in total. The molecule has 3 rings (SSSR count). The number of benzene rings is 3. The van der Waals surface area contributed by atoms with Crippen molar-refractivity contribution in [2.45, 2.75) is 55.7 Å². The van der Waals surface area contributed by atoms with E-state index in [1.165, 1.54) is 26.2 Å². The number of sulfonamides is 1.